The predicted octanol–water partition coefficient (Wildman–Crippen LogP) is 2.91. The first-order valence-corrected chi connectivity index (χ1v) is 10.9. The molecule has 1 saturated heterocycles. The highest BCUT2D eigenvalue weighted by atomic mass is 16.5. The molecule has 176 valence electrons. The molecule has 0 bridgehead atoms. The molecule has 1 aliphatic heterocycles. The van der Waals surface area contributed by atoms with Crippen molar-refractivity contribution in [1.82, 2.24) is 4.90 Å². The molecule has 1 aliphatic rings. The Hall–Kier alpha value is -3.36. The maximum Gasteiger partial charge on any atom is 0.295 e. The van der Waals surface area contributed by atoms with Crippen LogP contribution in [0.1, 0.15) is 31.0 Å². The lowest BCUT2D eigenvalue weighted by molar-refractivity contribution is -0.140. The lowest BCUT2D eigenvalue weighted by atomic mass is 9.95. The number of nitrogens with zero attached hydrogens (tertiary/aromatic N) is 1. The van der Waals surface area contributed by atoms with Gasteiger partial charge in [-0.15, -0.1) is 0 Å². The Morgan fingerprint density at radius 2 is 1.48 bits per heavy atom. The van der Waals surface area contributed by atoms with E-state index >= 15 is 0 Å². The second-order valence-corrected chi connectivity index (χ2v) is 7.29. The number of aliphatic hydroxyl groups is 2. The summed E-state index contributed by atoms with van der Waals surface area (Å²) in [6.07, 6.45) is 0. The summed E-state index contributed by atoms with van der Waals surface area (Å²) in [6, 6.07) is 13.0. The highest BCUT2D eigenvalue weighted by Crippen LogP contribution is 2.39. The van der Waals surface area contributed by atoms with Crippen molar-refractivity contribution in [2.75, 3.05) is 39.6 Å². The largest absolute Gasteiger partial charge is 0.507 e. The van der Waals surface area contributed by atoms with E-state index in [0.717, 1.165) is 0 Å². The van der Waals surface area contributed by atoms with Gasteiger partial charge >= 0.3 is 0 Å². The predicted molar refractivity (Wildman–Crippen MR) is 122 cm³/mol. The summed E-state index contributed by atoms with van der Waals surface area (Å²) in [6.45, 7) is 5.03. The minimum absolute atomic E-state index is 0.00970. The first kappa shape index (κ1) is 24.3. The Labute approximate surface area is 193 Å². The standard InChI is InChI=1S/C25H29NO7/c1-3-32-19-9-5-17(6-10-19)22-21(23(28)18-7-11-20(12-8-18)33-4-2)24(29)25(30)26(22)13-15-31-16-14-27/h5-12,22,27-28H,3-4,13-16H2,1-2H3/b23-21-. The first-order valence-electron chi connectivity index (χ1n) is 10.9. The van der Waals surface area contributed by atoms with Crippen LogP contribution in [0.5, 0.6) is 11.5 Å². The van der Waals surface area contributed by atoms with Crippen LogP contribution >= 0.6 is 0 Å². The Morgan fingerprint density at radius 1 is 0.909 bits per heavy atom. The quantitative estimate of drug-likeness (QED) is 0.232. The number of Topliss-reactive ketones (excluding diaryl/α,β-unsaturated/α-hetero) is 1. The van der Waals surface area contributed by atoms with Gasteiger partial charge in [0.15, 0.2) is 0 Å². The number of rotatable bonds is 11. The van der Waals surface area contributed by atoms with Gasteiger partial charge in [0.25, 0.3) is 11.7 Å². The summed E-state index contributed by atoms with van der Waals surface area (Å²) in [5.41, 5.74) is 1.08. The number of carbonyl (C=O) groups is 2. The molecule has 1 amide bonds. The van der Waals surface area contributed by atoms with Gasteiger partial charge in [-0.3, -0.25) is 9.59 Å². The van der Waals surface area contributed by atoms with Crippen molar-refractivity contribution in [2.24, 2.45) is 0 Å². The number of aliphatic hydroxyl groups excluding tert-OH is 2. The van der Waals surface area contributed by atoms with Crippen LogP contribution in [0, 0.1) is 0 Å². The fourth-order valence-corrected chi connectivity index (χ4v) is 3.73. The van der Waals surface area contributed by atoms with Gasteiger partial charge < -0.3 is 29.3 Å². The summed E-state index contributed by atoms with van der Waals surface area (Å²) in [5.74, 6) is -0.431. The van der Waals surface area contributed by atoms with Crippen LogP contribution in [-0.2, 0) is 14.3 Å². The van der Waals surface area contributed by atoms with E-state index < -0.39 is 17.7 Å². The molecule has 0 spiro atoms. The van der Waals surface area contributed by atoms with Gasteiger partial charge in [-0.05, 0) is 55.8 Å². The number of hydrogen-bond acceptors (Lipinski definition) is 7. The molecule has 2 aromatic rings. The number of carbonyl (C=O) groups excluding carboxylic acids is 2. The van der Waals surface area contributed by atoms with Crippen LogP contribution in [-0.4, -0.2) is 66.4 Å². The van der Waals surface area contributed by atoms with Crippen LogP contribution in [0.4, 0.5) is 0 Å². The number of ether oxygens (including phenoxy) is 3. The van der Waals surface area contributed by atoms with Gasteiger partial charge in [0, 0.05) is 12.1 Å². The fraction of sp³-hybridized carbons (Fsp3) is 0.360. The zero-order valence-corrected chi connectivity index (χ0v) is 18.8. The van der Waals surface area contributed by atoms with Crippen molar-refractivity contribution < 1.29 is 34.0 Å². The van der Waals surface area contributed by atoms with Crippen LogP contribution in [0.15, 0.2) is 54.1 Å². The summed E-state index contributed by atoms with van der Waals surface area (Å²) >= 11 is 0. The van der Waals surface area contributed by atoms with E-state index in [4.69, 9.17) is 19.3 Å². The summed E-state index contributed by atoms with van der Waals surface area (Å²) in [7, 11) is 0. The average molecular weight is 456 g/mol. The second-order valence-electron chi connectivity index (χ2n) is 7.29. The smallest absolute Gasteiger partial charge is 0.295 e. The van der Waals surface area contributed by atoms with Crippen molar-refractivity contribution in [3.8, 4) is 11.5 Å². The van der Waals surface area contributed by atoms with E-state index in [2.05, 4.69) is 0 Å². The monoisotopic (exact) mass is 455 g/mol. The second kappa shape index (κ2) is 11.5. The van der Waals surface area contributed by atoms with E-state index in [0.29, 0.717) is 35.8 Å². The maximum absolute atomic E-state index is 13.0. The molecule has 1 atom stereocenters. The number of ketones is 1. The molecular weight excluding hydrogens is 426 g/mol. The molecule has 0 radical (unpaired) electrons. The highest BCUT2D eigenvalue weighted by Gasteiger charge is 2.45. The zero-order valence-electron chi connectivity index (χ0n) is 18.8. The van der Waals surface area contributed by atoms with Gasteiger partial charge in [-0.2, -0.15) is 0 Å². The Morgan fingerprint density at radius 3 is 2.03 bits per heavy atom. The molecule has 1 fully saturated rings. The van der Waals surface area contributed by atoms with E-state index in [1.54, 1.807) is 48.5 Å². The van der Waals surface area contributed by atoms with Crippen molar-refractivity contribution in [3.63, 3.8) is 0 Å². The Kier molecular flexibility index (Phi) is 8.46. The average Bonchev–Trinajstić information content (AvgIpc) is 3.08. The molecule has 1 heterocycles. The molecular formula is C25H29NO7. The molecule has 3 rings (SSSR count). The maximum atomic E-state index is 13.0. The molecule has 1 unspecified atom stereocenters. The summed E-state index contributed by atoms with van der Waals surface area (Å²) in [4.78, 5) is 27.3. The molecule has 33 heavy (non-hydrogen) atoms. The van der Waals surface area contributed by atoms with Gasteiger partial charge in [0.1, 0.15) is 17.3 Å². The highest BCUT2D eigenvalue weighted by molar-refractivity contribution is 6.46. The zero-order chi connectivity index (χ0) is 23.8. The third-order valence-corrected chi connectivity index (χ3v) is 5.20. The third-order valence-electron chi connectivity index (χ3n) is 5.20. The molecule has 0 saturated carbocycles. The normalized spacial score (nSPS) is 17.4. The third kappa shape index (κ3) is 5.53. The van der Waals surface area contributed by atoms with Gasteiger partial charge in [0.2, 0.25) is 0 Å². The minimum Gasteiger partial charge on any atom is -0.507 e. The Balaban J connectivity index is 2.01. The summed E-state index contributed by atoms with van der Waals surface area (Å²) in [5, 5.41) is 20.0. The van der Waals surface area contributed by atoms with E-state index in [1.165, 1.54) is 4.90 Å². The number of amides is 1. The van der Waals surface area contributed by atoms with Crippen molar-refractivity contribution in [1.29, 1.82) is 0 Å². The van der Waals surface area contributed by atoms with E-state index in [9.17, 15) is 14.7 Å². The van der Waals surface area contributed by atoms with Gasteiger partial charge in [0.05, 0.1) is 44.6 Å². The van der Waals surface area contributed by atoms with Gasteiger partial charge in [-0.25, -0.2) is 0 Å². The molecule has 0 aromatic heterocycles. The number of likely N-dealkylation sites (tertiary alicyclic amines) is 1. The Bertz CT molecular complexity index is 983. The fourth-order valence-electron chi connectivity index (χ4n) is 3.73. The molecule has 2 aromatic carbocycles. The van der Waals surface area contributed by atoms with E-state index in [1.807, 2.05) is 13.8 Å². The molecule has 8 heteroatoms. The lowest BCUT2D eigenvalue weighted by Crippen LogP contribution is -2.33. The molecule has 8 nitrogen and oxygen atoms in total. The minimum atomic E-state index is -0.787. The first-order chi connectivity index (χ1) is 16.0. The van der Waals surface area contributed by atoms with E-state index in [-0.39, 0.29) is 37.7 Å². The van der Waals surface area contributed by atoms with Crippen molar-refractivity contribution in [2.45, 2.75) is 19.9 Å². The van der Waals surface area contributed by atoms with Crippen LogP contribution in [0.3, 0.4) is 0 Å². The van der Waals surface area contributed by atoms with Crippen LogP contribution < -0.4 is 9.47 Å². The number of hydrogen-bond donors (Lipinski definition) is 2. The van der Waals surface area contributed by atoms with Crippen LogP contribution in [0.25, 0.3) is 5.76 Å². The molecule has 2 N–H and O–H groups in total. The topological polar surface area (TPSA) is 106 Å². The summed E-state index contributed by atoms with van der Waals surface area (Å²) < 4.78 is 16.2. The van der Waals surface area contributed by atoms with Crippen LogP contribution in [0.2, 0.25) is 0 Å². The SMILES string of the molecule is CCOc1ccc(/C(O)=C2/C(=O)C(=O)N(CCOCCO)C2c2ccc(OCC)cc2)cc1. The molecule has 0 aliphatic carbocycles. The van der Waals surface area contributed by atoms with Crippen molar-refractivity contribution >= 4 is 17.4 Å². The lowest BCUT2D eigenvalue weighted by Gasteiger charge is -2.25. The number of benzene rings is 2. The van der Waals surface area contributed by atoms with Crippen molar-refractivity contribution in [3.05, 3.63) is 65.2 Å². The van der Waals surface area contributed by atoms with Gasteiger partial charge in [-0.1, -0.05) is 12.1 Å².